The van der Waals surface area contributed by atoms with Crippen LogP contribution in [0, 0.1) is 35.0 Å². The van der Waals surface area contributed by atoms with Gasteiger partial charge < -0.3 is 30.9 Å². The number of aliphatic hydroxyl groups is 1. The molecule has 0 spiro atoms. The molecule has 2 aromatic carbocycles. The number of aliphatic hydroxyl groups excluding tert-OH is 1. The molecule has 250 valence electrons. The summed E-state index contributed by atoms with van der Waals surface area (Å²) in [7, 11) is 0. The second-order valence-electron chi connectivity index (χ2n) is 10.9. The minimum atomic E-state index is -2.43. The fourth-order valence-corrected chi connectivity index (χ4v) is 4.93. The number of pyridine rings is 1. The number of benzene rings is 2. The summed E-state index contributed by atoms with van der Waals surface area (Å²) in [4.78, 5) is 57.0. The summed E-state index contributed by atoms with van der Waals surface area (Å²) in [6.45, 7) is 2.37. The highest BCUT2D eigenvalue weighted by molar-refractivity contribution is 5.98. The minimum Gasteiger partial charge on any atom is -0.505 e. The van der Waals surface area contributed by atoms with Gasteiger partial charge in [-0.05, 0) is 31.5 Å². The van der Waals surface area contributed by atoms with E-state index in [0.29, 0.717) is 5.56 Å². The van der Waals surface area contributed by atoms with Crippen LogP contribution in [0.3, 0.4) is 0 Å². The molecule has 1 aliphatic rings. The van der Waals surface area contributed by atoms with Crippen LogP contribution in [0.4, 0.5) is 22.0 Å². The smallest absolute Gasteiger partial charge is 0.312 e. The molecule has 16 heteroatoms. The van der Waals surface area contributed by atoms with Gasteiger partial charge in [0.05, 0.1) is 24.1 Å². The molecule has 5 N–H and O–H groups in total. The van der Waals surface area contributed by atoms with Crippen LogP contribution in [-0.2, 0) is 32.0 Å². The molecule has 1 fully saturated rings. The van der Waals surface area contributed by atoms with Gasteiger partial charge in [-0.2, -0.15) is 0 Å². The number of aromatic nitrogens is 1. The number of nitrogens with zero attached hydrogens (tertiary/aromatic N) is 1. The fraction of sp³-hybridized carbons (Fsp3) is 0.323. The van der Waals surface area contributed by atoms with Crippen molar-refractivity contribution >= 4 is 23.7 Å². The first-order valence-corrected chi connectivity index (χ1v) is 14.2. The Kier molecular flexibility index (Phi) is 10.7. The molecular weight excluding hydrogens is 635 g/mol. The van der Waals surface area contributed by atoms with Crippen LogP contribution in [0.15, 0.2) is 48.7 Å². The number of halogens is 5. The summed E-state index contributed by atoms with van der Waals surface area (Å²) in [5.41, 5.74) is -1.38. The van der Waals surface area contributed by atoms with Gasteiger partial charge in [0.25, 0.3) is 11.8 Å². The highest BCUT2D eigenvalue weighted by Crippen LogP contribution is 2.26. The number of hydrogen-bond donors (Lipinski definition) is 5. The quantitative estimate of drug-likeness (QED) is 0.116. The number of nitrogens with one attached hydrogen (secondary N) is 3. The molecule has 0 bridgehead atoms. The van der Waals surface area contributed by atoms with Gasteiger partial charge in [-0.15, -0.1) is 0 Å². The molecule has 11 nitrogen and oxygen atoms in total. The van der Waals surface area contributed by atoms with Crippen molar-refractivity contribution in [2.75, 3.05) is 0 Å². The Bertz CT molecular complexity index is 1650. The predicted molar refractivity (Wildman–Crippen MR) is 152 cm³/mol. The van der Waals surface area contributed by atoms with Gasteiger partial charge in [0.2, 0.25) is 11.7 Å². The van der Waals surface area contributed by atoms with Crippen molar-refractivity contribution < 1.29 is 56.1 Å². The molecule has 6 atom stereocenters. The predicted octanol–water partition coefficient (Wildman–Crippen LogP) is 1.98. The molecule has 6 unspecified atom stereocenters. The second kappa shape index (κ2) is 14.5. The van der Waals surface area contributed by atoms with E-state index in [4.69, 9.17) is 4.74 Å². The van der Waals surface area contributed by atoms with Gasteiger partial charge in [0.1, 0.15) is 11.8 Å². The van der Waals surface area contributed by atoms with Gasteiger partial charge in [-0.3, -0.25) is 19.2 Å². The first-order chi connectivity index (χ1) is 22.2. The van der Waals surface area contributed by atoms with Crippen LogP contribution in [0.2, 0.25) is 0 Å². The van der Waals surface area contributed by atoms with Crippen molar-refractivity contribution in [3.63, 3.8) is 0 Å². The molecular formula is C31H29F5N4O7. The van der Waals surface area contributed by atoms with Crippen LogP contribution in [0.5, 0.6) is 5.75 Å². The maximum atomic E-state index is 14.7. The normalized spacial score (nSPS) is 23.9. The van der Waals surface area contributed by atoms with E-state index in [1.54, 1.807) is 30.3 Å². The number of carbonyl (C=O) groups is 4. The molecule has 0 saturated carbocycles. The van der Waals surface area contributed by atoms with E-state index in [1.165, 1.54) is 19.2 Å². The summed E-state index contributed by atoms with van der Waals surface area (Å²) in [5.74, 6) is -18.1. The number of carbonyl (C=O) groups excluding carboxylic acids is 4. The van der Waals surface area contributed by atoms with Crippen molar-refractivity contribution in [3.8, 4) is 5.75 Å². The third-order valence-electron chi connectivity index (χ3n) is 7.60. The van der Waals surface area contributed by atoms with Crippen LogP contribution in [0.1, 0.15) is 35.5 Å². The van der Waals surface area contributed by atoms with E-state index >= 15 is 0 Å². The molecule has 4 rings (SSSR count). The highest BCUT2D eigenvalue weighted by Gasteiger charge is 2.40. The fourth-order valence-electron chi connectivity index (χ4n) is 4.93. The Morgan fingerprint density at radius 1 is 0.872 bits per heavy atom. The third-order valence-corrected chi connectivity index (χ3v) is 7.60. The summed E-state index contributed by atoms with van der Waals surface area (Å²) in [6.07, 6.45) is -3.86. The van der Waals surface area contributed by atoms with Crippen molar-refractivity contribution in [2.45, 2.75) is 57.0 Å². The standard InChI is InChI=1S/C31H29F5N4O7/c1-13-27(42)17(12-16-20(32)22(34)24(36)23(35)21(16)33)39-29(44)25(40-30(45)26-18(41)9-6-10-37-26)14(2)38-28(43)19(47-31(13)46)11-15-7-4-3-5-8-15/h3-10,13-14,17,19,25,27,41-42H,11-12H2,1-2H3,(H,38,43)(H,39,44)(H,40,45). The first kappa shape index (κ1) is 34.7. The number of hydrogen-bond acceptors (Lipinski definition) is 8. The van der Waals surface area contributed by atoms with E-state index < -0.39 is 112 Å². The minimum absolute atomic E-state index is 0.174. The number of ether oxygens (including phenoxy) is 1. The Morgan fingerprint density at radius 3 is 2.11 bits per heavy atom. The average molecular weight is 665 g/mol. The van der Waals surface area contributed by atoms with Gasteiger partial charge in [-0.25, -0.2) is 26.9 Å². The molecule has 1 aliphatic heterocycles. The zero-order valence-corrected chi connectivity index (χ0v) is 24.8. The lowest BCUT2D eigenvalue weighted by molar-refractivity contribution is -0.164. The average Bonchev–Trinajstić information content (AvgIpc) is 3.05. The Balaban J connectivity index is 1.77. The van der Waals surface area contributed by atoms with E-state index in [0.717, 1.165) is 13.0 Å². The Morgan fingerprint density at radius 2 is 1.49 bits per heavy atom. The SMILES string of the molecule is CC1NC(=O)C(Cc2ccccc2)OC(=O)C(C)C(O)C(Cc2c(F)c(F)c(F)c(F)c2F)NC(=O)C1NC(=O)c1ncccc1O. The maximum Gasteiger partial charge on any atom is 0.312 e. The summed E-state index contributed by atoms with van der Waals surface area (Å²) in [5, 5.41) is 28.2. The van der Waals surface area contributed by atoms with Gasteiger partial charge in [0, 0.05) is 24.6 Å². The molecule has 3 amide bonds. The number of rotatable bonds is 6. The summed E-state index contributed by atoms with van der Waals surface area (Å²) in [6, 6.07) is 5.72. The lowest BCUT2D eigenvalue weighted by Crippen LogP contribution is -2.62. The van der Waals surface area contributed by atoms with Crippen LogP contribution in [-0.4, -0.2) is 69.2 Å². The molecule has 0 aliphatic carbocycles. The van der Waals surface area contributed by atoms with E-state index in [1.807, 2.05) is 0 Å². The first-order valence-electron chi connectivity index (χ1n) is 14.2. The molecule has 1 aromatic heterocycles. The zero-order chi connectivity index (χ0) is 34.6. The molecule has 1 saturated heterocycles. The lowest BCUT2D eigenvalue weighted by Gasteiger charge is -2.33. The number of esters is 1. The monoisotopic (exact) mass is 664 g/mol. The second-order valence-corrected chi connectivity index (χ2v) is 10.9. The van der Waals surface area contributed by atoms with E-state index in [9.17, 15) is 51.3 Å². The van der Waals surface area contributed by atoms with Crippen molar-refractivity contribution in [3.05, 3.63) is 94.6 Å². The number of amides is 3. The van der Waals surface area contributed by atoms with Crippen molar-refractivity contribution in [1.82, 2.24) is 20.9 Å². The Labute approximate surface area is 264 Å². The van der Waals surface area contributed by atoms with Crippen LogP contribution >= 0.6 is 0 Å². The molecule has 2 heterocycles. The molecule has 47 heavy (non-hydrogen) atoms. The lowest BCUT2D eigenvalue weighted by atomic mass is 9.91. The zero-order valence-electron chi connectivity index (χ0n) is 24.8. The maximum absolute atomic E-state index is 14.7. The van der Waals surface area contributed by atoms with Crippen LogP contribution < -0.4 is 16.0 Å². The van der Waals surface area contributed by atoms with E-state index in [-0.39, 0.29) is 6.42 Å². The third kappa shape index (κ3) is 7.65. The summed E-state index contributed by atoms with van der Waals surface area (Å²) >= 11 is 0. The largest absolute Gasteiger partial charge is 0.505 e. The van der Waals surface area contributed by atoms with Gasteiger partial charge in [0.15, 0.2) is 35.1 Å². The van der Waals surface area contributed by atoms with Gasteiger partial charge in [-0.1, -0.05) is 30.3 Å². The van der Waals surface area contributed by atoms with Crippen molar-refractivity contribution in [2.24, 2.45) is 5.92 Å². The van der Waals surface area contributed by atoms with Gasteiger partial charge >= 0.3 is 5.97 Å². The molecule has 3 aromatic rings. The molecule has 0 radical (unpaired) electrons. The van der Waals surface area contributed by atoms with Crippen molar-refractivity contribution in [1.29, 1.82) is 0 Å². The summed E-state index contributed by atoms with van der Waals surface area (Å²) < 4.78 is 76.6. The van der Waals surface area contributed by atoms with Crippen LogP contribution in [0.25, 0.3) is 0 Å². The number of aromatic hydroxyl groups is 1. The number of cyclic esters (lactones) is 1. The van der Waals surface area contributed by atoms with E-state index in [2.05, 4.69) is 20.9 Å². The topological polar surface area (TPSA) is 167 Å². The highest BCUT2D eigenvalue weighted by atomic mass is 19.2. The Hall–Kier alpha value is -5.12.